The van der Waals surface area contributed by atoms with E-state index in [0.717, 1.165) is 137 Å². The minimum atomic E-state index is 0.326. The lowest BCUT2D eigenvalue weighted by molar-refractivity contribution is 0.858. The van der Waals surface area contributed by atoms with Crippen LogP contribution in [-0.4, -0.2) is 269 Å². The van der Waals surface area contributed by atoms with E-state index in [1.54, 1.807) is 370 Å². The molecular weight excluding hydrogens is 2380 g/mol. The fraction of sp³-hybridized carbons (Fsp3) is 1.00. The molecule has 0 spiro atoms. The van der Waals surface area contributed by atoms with E-state index in [1.807, 2.05) is 13.8 Å². The molecule has 0 saturated carbocycles. The Hall–Kier alpha value is 11.2. The number of hydrogen-bond acceptors (Lipinski definition) is 71. The van der Waals surface area contributed by atoms with E-state index in [0.29, 0.717) is 132 Å². The van der Waals surface area contributed by atoms with Crippen molar-refractivity contribution >= 4 is 434 Å². The fourth-order valence-electron chi connectivity index (χ4n) is 6.38. The molecule has 8 atom stereocenters. The highest BCUT2D eigenvalue weighted by atomic mass is 32.2. The second kappa shape index (κ2) is 131. The molecule has 8 unspecified atom stereocenters. The van der Waals surface area contributed by atoms with E-state index in [9.17, 15) is 0 Å². The summed E-state index contributed by atoms with van der Waals surface area (Å²) < 4.78 is 105. The first kappa shape index (κ1) is 152. The van der Waals surface area contributed by atoms with Crippen LogP contribution in [0.1, 0.15) is 104 Å². The van der Waals surface area contributed by atoms with Gasteiger partial charge in [-0.05, 0) is 6.54 Å². The van der Waals surface area contributed by atoms with Gasteiger partial charge >= 0.3 is 0 Å². The van der Waals surface area contributed by atoms with E-state index in [4.69, 9.17) is 22.9 Å². The Balaban J connectivity index is -0.00000158. The number of hydrogen-bond donors (Lipinski definition) is 40. The van der Waals surface area contributed by atoms with Crippen molar-refractivity contribution in [2.75, 3.05) is 195 Å². The zero-order valence-electron chi connectivity index (χ0n) is 78.4. The molecule has 0 fully saturated rings. The van der Waals surface area contributed by atoms with E-state index in [1.165, 1.54) is 0 Å². The fourth-order valence-corrected chi connectivity index (χ4v) is 30.7. The van der Waals surface area contributed by atoms with Crippen molar-refractivity contribution in [3.8, 4) is 0 Å². The minimum absolute atomic E-state index is 0.326. The molecule has 0 amide bonds. The highest BCUT2D eigenvalue weighted by Crippen LogP contribution is 2.28. The van der Waals surface area contributed by atoms with Crippen LogP contribution in [0.3, 0.4) is 0 Å². The Morgan fingerprint density at radius 3 is 0.583 bits per heavy atom. The second-order valence-corrected chi connectivity index (χ2v) is 62.9. The van der Waals surface area contributed by atoms with Gasteiger partial charge in [0, 0.05) is 113 Å². The van der Waals surface area contributed by atoms with Crippen LogP contribution < -0.4 is 169 Å². The topological polar surface area (TPSA) is 477 Å². The molecule has 0 aliphatic rings. The summed E-state index contributed by atoms with van der Waals surface area (Å²) in [4.78, 5) is 0. The van der Waals surface area contributed by atoms with Crippen molar-refractivity contribution in [1.29, 1.82) is 0 Å². The van der Waals surface area contributed by atoms with Crippen molar-refractivity contribution in [3.05, 3.63) is 0 Å². The van der Waals surface area contributed by atoms with Crippen LogP contribution in [0.25, 0.3) is 0 Å². The second-order valence-electron chi connectivity index (χ2n) is 25.0. The van der Waals surface area contributed by atoms with Crippen molar-refractivity contribution < 1.29 is 0 Å². The molecule has 0 aliphatic carbocycles. The van der Waals surface area contributed by atoms with E-state index in [2.05, 4.69) is 300 Å². The molecule has 0 aromatic carbocycles. The maximum absolute atomic E-state index is 5.42. The van der Waals surface area contributed by atoms with Crippen molar-refractivity contribution in [1.82, 2.24) is 146 Å². The maximum atomic E-state index is 5.42. The average molecular weight is 2550 g/mol. The van der Waals surface area contributed by atoms with Gasteiger partial charge in [-0.15, -0.1) is 0 Å². The standard InChI is InChI=1S/C47H124N28S28.C7H22N6S3.C4H10S3.C2H7N.CH4S2/c1-38(2)94-66-21-56-84-31-80-52-17-48-76-13-45(14-77-49-18-53-81-32-85-57-22-67-95-39(3)4)101-73-28-63-91-37-90-62-27-72-100-44(12)47(103-75-30-65-93-36-88-60-25-70-98-42(9)10)16-79-51-20-55-83-34-92-64-29-74-102-46(15-78-50-19-54-82-33-86-58-23-68-96-40(5)6)43(11)99-71-26-61-89-35-87-59-24-69-97-41(7)8;1-6(15-12-4-9)7(16-13-5-10)2-14-11-3-8;1-3(6)4(7)2-5;1-2-3;2-1-3/h38-75H,13-37H2,1-12H3;6-7,11-13H,2-5,8-10H2,1H3;3-7H,2H2,1H3;2-3H2,1H3;2-3H,1H2. The van der Waals surface area contributed by atoms with Gasteiger partial charge in [0.05, 0.1) is 149 Å². The van der Waals surface area contributed by atoms with Crippen LogP contribution in [0.15, 0.2) is 0 Å². The Morgan fingerprint density at radius 2 is 0.379 bits per heavy atom. The molecule has 0 rings (SSSR count). The number of nitrogens with two attached hydrogens (primary N) is 4. The first-order valence-electron chi connectivity index (χ1n) is 41.3. The monoisotopic (exact) mass is 2540 g/mol. The van der Waals surface area contributed by atoms with Gasteiger partial charge in [-0.2, -0.15) is 63.1 Å². The largest absolute Gasteiger partial charge is 0.331 e. The molecule has 0 heterocycles. The summed E-state index contributed by atoms with van der Waals surface area (Å²) in [5.41, 5.74) is 21.0. The zero-order valence-corrected chi connectivity index (χ0v) is 108. The summed E-state index contributed by atoms with van der Waals surface area (Å²) in [7, 11) is 0. The minimum Gasteiger partial charge on any atom is -0.331 e. The normalized spacial score (nSPS) is 13.6. The summed E-state index contributed by atoms with van der Waals surface area (Å²) in [6.45, 7) is 44.9. The number of rotatable bonds is 103. The number of thiol groups is 5. The summed E-state index contributed by atoms with van der Waals surface area (Å²) in [6.07, 6.45) is 0. The Bertz CT molecular complexity index is 2080. The van der Waals surface area contributed by atoms with Gasteiger partial charge in [-0.1, -0.05) is 474 Å². The zero-order chi connectivity index (χ0) is 98.6. The third kappa shape index (κ3) is 133. The van der Waals surface area contributed by atoms with Crippen molar-refractivity contribution in [3.63, 3.8) is 0 Å². The summed E-state index contributed by atoms with van der Waals surface area (Å²) >= 11 is 73.1. The smallest absolute Gasteiger partial charge is 0.0683 e. The van der Waals surface area contributed by atoms with Gasteiger partial charge in [0.25, 0.3) is 0 Å². The lowest BCUT2D eigenvalue weighted by Gasteiger charge is -2.23. The molecule has 0 aliphatic heterocycles. The molecule has 0 saturated heterocycles. The van der Waals surface area contributed by atoms with Crippen LogP contribution in [0.2, 0.25) is 0 Å². The van der Waals surface area contributed by atoms with Crippen molar-refractivity contribution in [2.24, 2.45) is 22.9 Å². The first-order valence-corrected chi connectivity index (χ1v) is 73.5. The molecule has 39 N–H and O–H groups in total. The average Bonchev–Trinajstić information content (AvgIpc) is 0.970. The van der Waals surface area contributed by atoms with Crippen LogP contribution >= 0.6 is 434 Å². The molecule has 71 heteroatoms. The highest BCUT2D eigenvalue weighted by Gasteiger charge is 2.22. The molecule has 802 valence electrons. The van der Waals surface area contributed by atoms with Crippen LogP contribution in [0.4, 0.5) is 0 Å². The third-order valence-corrected chi connectivity index (χ3v) is 43.0. The summed E-state index contributed by atoms with van der Waals surface area (Å²) in [6, 6.07) is 0. The van der Waals surface area contributed by atoms with Gasteiger partial charge < -0.3 is 22.9 Å². The summed E-state index contributed by atoms with van der Waals surface area (Å²) in [5, 5.41) is 13.1. The first-order chi connectivity index (χ1) is 64.1. The van der Waals surface area contributed by atoms with Gasteiger partial charge in [-0.25, -0.2) is 132 Å². The highest BCUT2D eigenvalue weighted by molar-refractivity contribution is 8.17. The van der Waals surface area contributed by atoms with E-state index < -0.39 is 0 Å². The van der Waals surface area contributed by atoms with E-state index in [-0.39, 0.29) is 0 Å². The van der Waals surface area contributed by atoms with Gasteiger partial charge in [0.15, 0.2) is 0 Å². The van der Waals surface area contributed by atoms with Gasteiger partial charge in [0.1, 0.15) is 0 Å². The SMILES string of the molecule is CC(C)SNCNSCSNCNSCC(CSNCNSCSNCNSC(C)C)SNCNSCSNCNSC(C)C(CSNCNSCSNCNSC(CSNCNSCSNCNSC(C)C)C(C)SNCNSCSNCNSC(C)C)SNCNSCSNCNSC(C)C.CC(S)C(S)CS.CC(SNCN)C(CSNCN)SNCN.CCN.SCS. The Kier molecular flexibility index (Phi) is 150. The van der Waals surface area contributed by atoms with E-state index >= 15 is 0 Å². The molecule has 0 aromatic heterocycles. The quantitative estimate of drug-likeness (QED) is 0.0116. The molecular formula is C61H167N35S36. The van der Waals surface area contributed by atoms with Gasteiger partial charge in [0.2, 0.25) is 0 Å². The van der Waals surface area contributed by atoms with Crippen LogP contribution in [-0.2, 0) is 0 Å². The molecule has 132 heavy (non-hydrogen) atoms. The summed E-state index contributed by atoms with van der Waals surface area (Å²) in [5.74, 6) is 5.56. The Labute approximate surface area is 962 Å². The van der Waals surface area contributed by atoms with Crippen molar-refractivity contribution in [2.45, 2.75) is 177 Å². The van der Waals surface area contributed by atoms with Crippen LogP contribution in [0, 0.1) is 0 Å². The lowest BCUT2D eigenvalue weighted by Crippen LogP contribution is -2.32. The molecule has 0 radical (unpaired) electrons. The Morgan fingerprint density at radius 1 is 0.212 bits per heavy atom. The third-order valence-electron chi connectivity index (χ3n) is 12.0. The molecule has 0 aromatic rings. The predicted octanol–water partition coefficient (Wildman–Crippen LogP) is 12.2. The predicted molar refractivity (Wildman–Crippen MR) is 688 cm³/mol. The lowest BCUT2D eigenvalue weighted by atomic mass is 10.4. The van der Waals surface area contributed by atoms with Gasteiger partial charge in [-0.3, -0.25) is 14.2 Å². The molecule has 0 bridgehead atoms. The maximum Gasteiger partial charge on any atom is 0.0683 e. The molecule has 35 nitrogen and oxygen atoms in total. The number of nitrogens with one attached hydrogen (secondary N) is 31. The van der Waals surface area contributed by atoms with Crippen LogP contribution in [0.5, 0.6) is 0 Å².